The molecule has 42 heavy (non-hydrogen) atoms. The fraction of sp³-hybridized carbons (Fsp3) is 0.621. The minimum Gasteiger partial charge on any atom is -0.444 e. The molecule has 1 N–H and O–H groups in total. The molecule has 1 aromatic carbocycles. The zero-order valence-electron chi connectivity index (χ0n) is 25.0. The van der Waals surface area contributed by atoms with Gasteiger partial charge in [0, 0.05) is 13.1 Å². The number of fused-ring (bicyclic) bond motifs is 2. The van der Waals surface area contributed by atoms with E-state index >= 15 is 0 Å². The van der Waals surface area contributed by atoms with Crippen molar-refractivity contribution in [3.63, 3.8) is 0 Å². The van der Waals surface area contributed by atoms with Gasteiger partial charge in [-0.15, -0.1) is 10.2 Å². The molecule has 3 aliphatic heterocycles. The van der Waals surface area contributed by atoms with Crippen LogP contribution in [-0.4, -0.2) is 79.7 Å². The summed E-state index contributed by atoms with van der Waals surface area (Å²) in [5, 5.41) is 12.9. The molecule has 4 amide bonds. The number of hydrogen-bond acceptors (Lipinski definition) is 9. The zero-order chi connectivity index (χ0) is 30.2. The normalized spacial score (nSPS) is 24.2. The zero-order valence-corrected chi connectivity index (χ0v) is 25.0. The van der Waals surface area contributed by atoms with E-state index in [9.17, 15) is 14.4 Å². The number of amides is 4. The van der Waals surface area contributed by atoms with Crippen LogP contribution >= 0.6 is 0 Å². The highest BCUT2D eigenvalue weighted by atomic mass is 16.7. The van der Waals surface area contributed by atoms with Crippen molar-refractivity contribution in [2.24, 2.45) is 0 Å². The lowest BCUT2D eigenvalue weighted by atomic mass is 10.0. The minimum atomic E-state index is -0.721. The molecule has 0 spiro atoms. The summed E-state index contributed by atoms with van der Waals surface area (Å²) in [5.41, 5.74) is -0.408. The molecule has 13 nitrogen and oxygen atoms in total. The van der Waals surface area contributed by atoms with Crippen molar-refractivity contribution in [1.82, 2.24) is 30.4 Å². The summed E-state index contributed by atoms with van der Waals surface area (Å²) < 4.78 is 17.2. The molecule has 1 unspecified atom stereocenters. The van der Waals surface area contributed by atoms with E-state index in [-0.39, 0.29) is 24.5 Å². The number of carbonyl (C=O) groups is 3. The van der Waals surface area contributed by atoms with Crippen LogP contribution in [0.2, 0.25) is 0 Å². The summed E-state index contributed by atoms with van der Waals surface area (Å²) in [4.78, 5) is 48.0. The molecule has 3 aliphatic rings. The van der Waals surface area contributed by atoms with Crippen LogP contribution in [-0.2, 0) is 20.9 Å². The number of rotatable bonds is 6. The molecule has 228 valence electrons. The number of likely N-dealkylation sites (tertiary alicyclic amines) is 1. The van der Waals surface area contributed by atoms with Crippen LogP contribution in [0.1, 0.15) is 90.2 Å². The highest BCUT2D eigenvalue weighted by Gasteiger charge is 2.48. The first-order chi connectivity index (χ1) is 19.8. The summed E-state index contributed by atoms with van der Waals surface area (Å²) in [6.45, 7) is 11.7. The Hall–Kier alpha value is -3.87. The second-order valence-corrected chi connectivity index (χ2v) is 13.0. The smallest absolute Gasteiger partial charge is 0.411 e. The minimum absolute atomic E-state index is 0.0583. The fourth-order valence-electron chi connectivity index (χ4n) is 5.46. The Bertz CT molecular complexity index is 1290. The number of ether oxygens (including phenoxy) is 2. The number of alkyl carbamates (subject to hydrolysis) is 1. The molecule has 2 bridgehead atoms. The van der Waals surface area contributed by atoms with Gasteiger partial charge in [-0.1, -0.05) is 30.3 Å². The van der Waals surface area contributed by atoms with E-state index in [4.69, 9.17) is 18.7 Å². The van der Waals surface area contributed by atoms with Gasteiger partial charge in [-0.05, 0) is 66.4 Å². The molecule has 4 atom stereocenters. The number of aromatic nitrogens is 2. The molecule has 3 fully saturated rings. The molecule has 1 aromatic heterocycles. The van der Waals surface area contributed by atoms with Crippen LogP contribution in [0.3, 0.4) is 0 Å². The Morgan fingerprint density at radius 3 is 2.29 bits per heavy atom. The maximum atomic E-state index is 13.3. The molecular weight excluding hydrogens is 544 g/mol. The second kappa shape index (κ2) is 11.4. The summed E-state index contributed by atoms with van der Waals surface area (Å²) in [6.07, 6.45) is 0.548. The topological polar surface area (TPSA) is 140 Å². The predicted molar refractivity (Wildman–Crippen MR) is 149 cm³/mol. The third-order valence-corrected chi connectivity index (χ3v) is 7.21. The predicted octanol–water partition coefficient (Wildman–Crippen LogP) is 4.72. The summed E-state index contributed by atoms with van der Waals surface area (Å²) >= 11 is 0. The Kier molecular flexibility index (Phi) is 8.06. The highest BCUT2D eigenvalue weighted by molar-refractivity contribution is 5.77. The van der Waals surface area contributed by atoms with Crippen LogP contribution in [0.15, 0.2) is 34.7 Å². The maximum Gasteiger partial charge on any atom is 0.411 e. The monoisotopic (exact) mass is 584 g/mol. The number of hydrogen-bond donors (Lipinski definition) is 1. The molecule has 0 radical (unpaired) electrons. The lowest BCUT2D eigenvalue weighted by molar-refractivity contribution is -0.140. The van der Waals surface area contributed by atoms with E-state index in [0.717, 1.165) is 12.0 Å². The van der Waals surface area contributed by atoms with Crippen LogP contribution in [0.5, 0.6) is 0 Å². The first-order valence-electron chi connectivity index (χ1n) is 14.4. The van der Waals surface area contributed by atoms with Gasteiger partial charge in [0.05, 0.1) is 12.1 Å². The Morgan fingerprint density at radius 2 is 1.62 bits per heavy atom. The number of carbonyl (C=O) groups excluding carboxylic acids is 3. The number of piperidine rings is 1. The van der Waals surface area contributed by atoms with Gasteiger partial charge in [-0.3, -0.25) is 9.74 Å². The number of benzene rings is 1. The number of nitrogens with zero attached hydrogens (tertiary/aromatic N) is 5. The van der Waals surface area contributed by atoms with E-state index in [1.54, 1.807) is 46.4 Å². The van der Waals surface area contributed by atoms with E-state index < -0.39 is 41.5 Å². The van der Waals surface area contributed by atoms with Gasteiger partial charge < -0.3 is 24.1 Å². The Balaban J connectivity index is 1.29. The van der Waals surface area contributed by atoms with E-state index in [2.05, 4.69) is 15.5 Å². The SMILES string of the molecule is CC(C)(C)OC(=O)N[C@@H]1C[C@H](c2nnc([C@@H]3CCC4CN3C(=O)N4OCc3ccccc3)o2)N(C(=O)OC(C)(C)C)C1. The summed E-state index contributed by atoms with van der Waals surface area (Å²) in [6, 6.07) is 7.94. The summed E-state index contributed by atoms with van der Waals surface area (Å²) in [5.74, 6) is 0.518. The van der Waals surface area contributed by atoms with Crippen molar-refractivity contribution < 1.29 is 33.1 Å². The van der Waals surface area contributed by atoms with Crippen molar-refractivity contribution in [3.05, 3.63) is 47.7 Å². The molecular formula is C29H40N6O7. The Labute approximate surface area is 245 Å². The molecule has 0 aliphatic carbocycles. The van der Waals surface area contributed by atoms with Gasteiger partial charge in [0.1, 0.15) is 29.9 Å². The molecule has 0 saturated carbocycles. The average Bonchev–Trinajstić information content (AvgIpc) is 3.59. The lowest BCUT2D eigenvalue weighted by Gasteiger charge is -2.28. The van der Waals surface area contributed by atoms with Crippen LogP contribution in [0.4, 0.5) is 14.4 Å². The molecule has 5 rings (SSSR count). The van der Waals surface area contributed by atoms with E-state index in [1.165, 1.54) is 9.96 Å². The van der Waals surface area contributed by atoms with Crippen molar-refractivity contribution >= 4 is 18.2 Å². The van der Waals surface area contributed by atoms with Gasteiger partial charge in [0.2, 0.25) is 11.8 Å². The third kappa shape index (κ3) is 6.77. The van der Waals surface area contributed by atoms with Crippen molar-refractivity contribution in [2.75, 3.05) is 13.1 Å². The Morgan fingerprint density at radius 1 is 0.952 bits per heavy atom. The lowest BCUT2D eigenvalue weighted by Crippen LogP contribution is -2.42. The molecule has 4 heterocycles. The summed E-state index contributed by atoms with van der Waals surface area (Å²) in [7, 11) is 0. The molecule has 2 aromatic rings. The van der Waals surface area contributed by atoms with Gasteiger partial charge in [0.25, 0.3) is 0 Å². The molecule has 3 saturated heterocycles. The average molecular weight is 585 g/mol. The van der Waals surface area contributed by atoms with E-state index in [0.29, 0.717) is 31.9 Å². The van der Waals surface area contributed by atoms with Crippen molar-refractivity contribution in [1.29, 1.82) is 0 Å². The number of nitrogens with one attached hydrogen (secondary N) is 1. The van der Waals surface area contributed by atoms with Gasteiger partial charge >= 0.3 is 18.2 Å². The van der Waals surface area contributed by atoms with Gasteiger partial charge in [-0.25, -0.2) is 14.4 Å². The van der Waals surface area contributed by atoms with Gasteiger partial charge in [-0.2, -0.15) is 5.06 Å². The number of hydroxylamine groups is 2. The van der Waals surface area contributed by atoms with E-state index in [1.807, 2.05) is 30.3 Å². The first-order valence-corrected chi connectivity index (χ1v) is 14.4. The first kappa shape index (κ1) is 29.6. The standard InChI is InChI=1S/C29H40N6O7/c1-28(2,3)41-25(36)30-19-14-22(34(15-19)27(38)42-29(4,5)6)24-32-31-23(40-24)21-13-12-20-16-33(21)26(37)35(20)39-17-18-10-8-7-9-11-18/h7-11,19-22H,12-17H2,1-6H3,(H,30,36)/t19-,20?,21+,22-/m1/s1. The quantitative estimate of drug-likeness (QED) is 0.511. The second-order valence-electron chi connectivity index (χ2n) is 13.0. The number of urea groups is 1. The van der Waals surface area contributed by atoms with Gasteiger partial charge in [0.15, 0.2) is 0 Å². The van der Waals surface area contributed by atoms with Crippen LogP contribution in [0.25, 0.3) is 0 Å². The van der Waals surface area contributed by atoms with Crippen LogP contribution < -0.4 is 5.32 Å². The maximum absolute atomic E-state index is 13.3. The molecule has 13 heteroatoms. The van der Waals surface area contributed by atoms with Crippen LogP contribution in [0, 0.1) is 0 Å². The van der Waals surface area contributed by atoms with Crippen molar-refractivity contribution in [3.8, 4) is 0 Å². The fourth-order valence-corrected chi connectivity index (χ4v) is 5.46. The largest absolute Gasteiger partial charge is 0.444 e. The highest BCUT2D eigenvalue weighted by Crippen LogP contribution is 2.40. The van der Waals surface area contributed by atoms with Crippen molar-refractivity contribution in [2.45, 2.75) is 103 Å². The third-order valence-electron chi connectivity index (χ3n) is 7.21.